The minimum absolute atomic E-state index is 1.10. The van der Waals surface area contributed by atoms with Crippen LogP contribution in [0.2, 0.25) is 0 Å². The molecule has 0 nitrogen and oxygen atoms in total. The summed E-state index contributed by atoms with van der Waals surface area (Å²) in [5, 5.41) is 0. The Labute approximate surface area is 127 Å². The molecule has 0 amide bonds. The quantitative estimate of drug-likeness (QED) is 0.422. The summed E-state index contributed by atoms with van der Waals surface area (Å²) in [5.41, 5.74) is 2.99. The van der Waals surface area contributed by atoms with Gasteiger partial charge in [-0.25, -0.2) is 0 Å². The third kappa shape index (κ3) is 6.65. The van der Waals surface area contributed by atoms with E-state index in [1.165, 1.54) is 48.6 Å². The zero-order valence-corrected chi connectivity index (χ0v) is 14.0. The topological polar surface area (TPSA) is 0 Å². The van der Waals surface area contributed by atoms with Crippen molar-refractivity contribution in [1.29, 1.82) is 0 Å². The maximum atomic E-state index is 2.24. The summed E-state index contributed by atoms with van der Waals surface area (Å²) in [6.45, 7) is 0. The van der Waals surface area contributed by atoms with E-state index in [1.54, 1.807) is 0 Å². The minimum atomic E-state index is 1.10. The van der Waals surface area contributed by atoms with Gasteiger partial charge in [0.25, 0.3) is 0 Å². The second kappa shape index (κ2) is 10.1. The van der Waals surface area contributed by atoms with E-state index in [2.05, 4.69) is 60.7 Å². The summed E-state index contributed by atoms with van der Waals surface area (Å²) in [5.74, 6) is 0. The molecule has 20 heavy (non-hydrogen) atoms. The first-order valence-electron chi connectivity index (χ1n) is 7.44. The van der Waals surface area contributed by atoms with E-state index in [9.17, 15) is 0 Å². The number of hydrogen-bond acceptors (Lipinski definition) is 0. The lowest BCUT2D eigenvalue weighted by Gasteiger charge is -2.04. The molecule has 0 aliphatic rings. The molecule has 2 rings (SSSR count). The molecule has 0 saturated heterocycles. The van der Waals surface area contributed by atoms with Gasteiger partial charge in [-0.2, -0.15) is 0 Å². The Balaban J connectivity index is 1.44. The van der Waals surface area contributed by atoms with Gasteiger partial charge < -0.3 is 0 Å². The van der Waals surface area contributed by atoms with E-state index in [0.29, 0.717) is 0 Å². The second-order valence-corrected chi connectivity index (χ2v) is 7.74. The van der Waals surface area contributed by atoms with Gasteiger partial charge in [0.1, 0.15) is 0 Å². The predicted octanol–water partition coefficient (Wildman–Crippen LogP) is 5.52. The smallest absolute Gasteiger partial charge is 0.0101 e. The summed E-state index contributed by atoms with van der Waals surface area (Å²) in [4.78, 5) is 0. The van der Waals surface area contributed by atoms with Gasteiger partial charge in [-0.05, 0) is 48.6 Å². The van der Waals surface area contributed by atoms with Gasteiger partial charge in [0.15, 0.2) is 0 Å². The van der Waals surface area contributed by atoms with Crippen LogP contribution in [0.15, 0.2) is 60.7 Å². The Hall–Kier alpha value is -0.700. The van der Waals surface area contributed by atoms with Crippen LogP contribution in [0.1, 0.15) is 24.0 Å². The summed E-state index contributed by atoms with van der Waals surface area (Å²) in [6.07, 6.45) is 8.18. The molecule has 0 bridgehead atoms. The average molecular weight is 302 g/mol. The van der Waals surface area contributed by atoms with Crippen LogP contribution in [0.4, 0.5) is 0 Å². The van der Waals surface area contributed by atoms with Crippen molar-refractivity contribution in [3.05, 3.63) is 71.8 Å². The molecule has 2 aromatic carbocycles. The molecular formula is C18H24P2. The summed E-state index contributed by atoms with van der Waals surface area (Å²) in [7, 11) is 2.20. The Bertz CT molecular complexity index is 408. The van der Waals surface area contributed by atoms with Crippen molar-refractivity contribution < 1.29 is 0 Å². The highest BCUT2D eigenvalue weighted by Crippen LogP contribution is 2.23. The molecule has 2 heteroatoms. The lowest BCUT2D eigenvalue weighted by molar-refractivity contribution is 0.900. The largest absolute Gasteiger partial charge is 0.118 e. The van der Waals surface area contributed by atoms with Crippen LogP contribution in [-0.2, 0) is 12.3 Å². The van der Waals surface area contributed by atoms with Crippen molar-refractivity contribution in [2.75, 3.05) is 12.3 Å². The molecule has 2 atom stereocenters. The van der Waals surface area contributed by atoms with Gasteiger partial charge >= 0.3 is 0 Å². The highest BCUT2D eigenvalue weighted by Gasteiger charge is 1.94. The van der Waals surface area contributed by atoms with E-state index >= 15 is 0 Å². The van der Waals surface area contributed by atoms with Crippen molar-refractivity contribution in [3.63, 3.8) is 0 Å². The summed E-state index contributed by atoms with van der Waals surface area (Å²) < 4.78 is 0. The molecule has 0 aliphatic carbocycles. The van der Waals surface area contributed by atoms with Gasteiger partial charge in [-0.15, -0.1) is 17.2 Å². The molecule has 0 radical (unpaired) electrons. The Kier molecular flexibility index (Phi) is 7.91. The summed E-state index contributed by atoms with van der Waals surface area (Å²) >= 11 is 0. The third-order valence-corrected chi connectivity index (χ3v) is 6.03. The maximum Gasteiger partial charge on any atom is -0.0101 e. The van der Waals surface area contributed by atoms with Gasteiger partial charge in [0.2, 0.25) is 0 Å². The zero-order valence-electron chi connectivity index (χ0n) is 12.0. The number of hydrogen-bond donors (Lipinski definition) is 0. The van der Waals surface area contributed by atoms with Crippen LogP contribution >= 0.6 is 17.2 Å². The van der Waals surface area contributed by atoms with E-state index in [-0.39, 0.29) is 0 Å². The van der Waals surface area contributed by atoms with Crippen molar-refractivity contribution >= 4 is 17.2 Å². The molecule has 106 valence electrons. The maximum absolute atomic E-state index is 2.24. The molecule has 0 fully saturated rings. The van der Waals surface area contributed by atoms with Gasteiger partial charge in [0.05, 0.1) is 0 Å². The highest BCUT2D eigenvalue weighted by molar-refractivity contribution is 7.37. The minimum Gasteiger partial charge on any atom is -0.118 e. The van der Waals surface area contributed by atoms with Crippen LogP contribution in [0.5, 0.6) is 0 Å². The fraction of sp³-hybridized carbons (Fsp3) is 0.333. The van der Waals surface area contributed by atoms with Crippen molar-refractivity contribution in [2.45, 2.75) is 25.2 Å². The fourth-order valence-electron chi connectivity index (χ4n) is 2.16. The Morgan fingerprint density at radius 1 is 0.550 bits per heavy atom. The molecule has 0 saturated carbocycles. The van der Waals surface area contributed by atoms with Crippen molar-refractivity contribution in [3.8, 4) is 0 Å². The van der Waals surface area contributed by atoms with Crippen LogP contribution in [-0.4, -0.2) is 12.3 Å². The number of benzene rings is 2. The van der Waals surface area contributed by atoms with Crippen LogP contribution in [0, 0.1) is 0 Å². The van der Waals surface area contributed by atoms with Crippen molar-refractivity contribution in [1.82, 2.24) is 0 Å². The summed E-state index contributed by atoms with van der Waals surface area (Å²) in [6, 6.07) is 21.7. The van der Waals surface area contributed by atoms with E-state index in [4.69, 9.17) is 0 Å². The third-order valence-electron chi connectivity index (χ3n) is 3.30. The molecule has 0 aliphatic heterocycles. The standard InChI is InChI=1S/C18H24P2/c1-3-9-17(10-4-1)15-19-13-7-8-14-20-16-18-11-5-2-6-12-18/h1-6,9-12,19-20H,7-8,13-16H2. The molecule has 2 aromatic rings. The van der Waals surface area contributed by atoms with E-state index in [1.807, 2.05) is 0 Å². The molecule has 0 spiro atoms. The Morgan fingerprint density at radius 2 is 0.950 bits per heavy atom. The highest BCUT2D eigenvalue weighted by atomic mass is 31.1. The molecular weight excluding hydrogens is 278 g/mol. The second-order valence-electron chi connectivity index (χ2n) is 5.03. The Morgan fingerprint density at radius 3 is 1.35 bits per heavy atom. The van der Waals surface area contributed by atoms with E-state index in [0.717, 1.165) is 17.2 Å². The zero-order chi connectivity index (χ0) is 13.9. The molecule has 2 unspecified atom stereocenters. The molecule has 0 heterocycles. The first-order chi connectivity index (χ1) is 9.95. The lowest BCUT2D eigenvalue weighted by Crippen LogP contribution is -1.85. The fourth-order valence-corrected chi connectivity index (χ4v) is 4.56. The monoisotopic (exact) mass is 302 g/mol. The van der Waals surface area contributed by atoms with Gasteiger partial charge in [0, 0.05) is 0 Å². The van der Waals surface area contributed by atoms with Crippen LogP contribution < -0.4 is 0 Å². The normalized spacial score (nSPS) is 11.8. The number of unbranched alkanes of at least 4 members (excludes halogenated alkanes) is 1. The van der Waals surface area contributed by atoms with Crippen molar-refractivity contribution in [2.24, 2.45) is 0 Å². The lowest BCUT2D eigenvalue weighted by atomic mass is 10.2. The average Bonchev–Trinajstić information content (AvgIpc) is 2.52. The molecule has 0 N–H and O–H groups in total. The van der Waals surface area contributed by atoms with Gasteiger partial charge in [-0.1, -0.05) is 60.7 Å². The predicted molar refractivity (Wildman–Crippen MR) is 95.9 cm³/mol. The first kappa shape index (κ1) is 15.7. The first-order valence-corrected chi connectivity index (χ1v) is 10.3. The molecule has 0 aromatic heterocycles. The van der Waals surface area contributed by atoms with E-state index < -0.39 is 0 Å². The van der Waals surface area contributed by atoms with Gasteiger partial charge in [-0.3, -0.25) is 0 Å². The SMILES string of the molecule is c1ccc(CPCCCCPCc2ccccc2)cc1. The number of rotatable bonds is 9. The van der Waals surface area contributed by atoms with Crippen LogP contribution in [0.25, 0.3) is 0 Å². The van der Waals surface area contributed by atoms with Crippen LogP contribution in [0.3, 0.4) is 0 Å².